The second-order valence-corrected chi connectivity index (χ2v) is 3.15. The average molecular weight is 216 g/mol. The van der Waals surface area contributed by atoms with Crippen molar-refractivity contribution in [2.24, 2.45) is 0 Å². The van der Waals surface area contributed by atoms with Gasteiger partial charge >= 0.3 is 6.18 Å². The van der Waals surface area contributed by atoms with Crippen molar-refractivity contribution in [2.45, 2.75) is 12.2 Å². The summed E-state index contributed by atoms with van der Waals surface area (Å²) in [7, 11) is 0. The number of carbonyl (C=O) groups is 1. The highest BCUT2D eigenvalue weighted by molar-refractivity contribution is 6.03. The molecule has 6 heteroatoms. The van der Waals surface area contributed by atoms with Gasteiger partial charge in [-0.15, -0.1) is 0 Å². The topological polar surface area (TPSA) is 41.1 Å². The van der Waals surface area contributed by atoms with Gasteiger partial charge in [-0.3, -0.25) is 4.79 Å². The molecule has 0 saturated heterocycles. The van der Waals surface area contributed by atoms with E-state index >= 15 is 0 Å². The van der Waals surface area contributed by atoms with E-state index in [2.05, 4.69) is 10.6 Å². The third kappa shape index (κ3) is 1.74. The fourth-order valence-electron chi connectivity index (χ4n) is 1.37. The predicted octanol–water partition coefficient (Wildman–Crippen LogP) is 1.98. The molecule has 80 valence electrons. The minimum absolute atomic E-state index is 0.277. The molecule has 1 aliphatic rings. The zero-order valence-corrected chi connectivity index (χ0v) is 7.43. The van der Waals surface area contributed by atoms with Crippen LogP contribution in [0.15, 0.2) is 24.3 Å². The smallest absolute Gasteiger partial charge is 0.365 e. The third-order valence-corrected chi connectivity index (χ3v) is 2.07. The van der Waals surface area contributed by atoms with Crippen molar-refractivity contribution in [3.8, 4) is 0 Å². The van der Waals surface area contributed by atoms with Gasteiger partial charge in [-0.2, -0.15) is 13.2 Å². The van der Waals surface area contributed by atoms with E-state index in [9.17, 15) is 18.0 Å². The number of amides is 1. The van der Waals surface area contributed by atoms with Crippen molar-refractivity contribution in [3.63, 3.8) is 0 Å². The number of anilines is 2. The molecule has 1 unspecified atom stereocenters. The number of rotatable bonds is 0. The van der Waals surface area contributed by atoms with E-state index in [1.807, 2.05) is 0 Å². The molecule has 3 nitrogen and oxygen atoms in total. The lowest BCUT2D eigenvalue weighted by molar-refractivity contribution is -0.156. The number of halogens is 3. The van der Waals surface area contributed by atoms with E-state index in [0.29, 0.717) is 5.69 Å². The lowest BCUT2D eigenvalue weighted by Crippen LogP contribution is -2.48. The first kappa shape index (κ1) is 9.82. The van der Waals surface area contributed by atoms with Crippen molar-refractivity contribution in [2.75, 3.05) is 10.6 Å². The molecule has 1 aromatic carbocycles. The minimum Gasteiger partial charge on any atom is -0.365 e. The van der Waals surface area contributed by atoms with Crippen LogP contribution >= 0.6 is 0 Å². The van der Waals surface area contributed by atoms with Gasteiger partial charge in [0.2, 0.25) is 6.04 Å². The molecule has 1 atom stereocenters. The van der Waals surface area contributed by atoms with Gasteiger partial charge in [-0.1, -0.05) is 12.1 Å². The fourth-order valence-corrected chi connectivity index (χ4v) is 1.37. The number of carbonyl (C=O) groups excluding carboxylic acids is 1. The molecule has 1 aliphatic heterocycles. The maximum Gasteiger partial charge on any atom is 0.417 e. The lowest BCUT2D eigenvalue weighted by Gasteiger charge is -2.27. The van der Waals surface area contributed by atoms with Crippen molar-refractivity contribution in [3.05, 3.63) is 24.3 Å². The van der Waals surface area contributed by atoms with Crippen molar-refractivity contribution < 1.29 is 18.0 Å². The Morgan fingerprint density at radius 1 is 1.13 bits per heavy atom. The van der Waals surface area contributed by atoms with E-state index in [1.165, 1.54) is 12.1 Å². The highest BCUT2D eigenvalue weighted by Crippen LogP contribution is 2.32. The van der Waals surface area contributed by atoms with Crippen molar-refractivity contribution in [1.29, 1.82) is 0 Å². The zero-order valence-electron chi connectivity index (χ0n) is 7.43. The summed E-state index contributed by atoms with van der Waals surface area (Å²) in [5.41, 5.74) is 0.641. The largest absolute Gasteiger partial charge is 0.417 e. The van der Waals surface area contributed by atoms with Gasteiger partial charge in [0.25, 0.3) is 5.91 Å². The summed E-state index contributed by atoms with van der Waals surface area (Å²) >= 11 is 0. The molecule has 0 fully saturated rings. The quantitative estimate of drug-likeness (QED) is 0.696. The van der Waals surface area contributed by atoms with E-state index < -0.39 is 18.1 Å². The Bertz CT molecular complexity index is 403. The van der Waals surface area contributed by atoms with E-state index in [-0.39, 0.29) is 5.69 Å². The molecule has 0 radical (unpaired) electrons. The summed E-state index contributed by atoms with van der Waals surface area (Å²) in [5.74, 6) is -1.08. The Balaban J connectivity index is 2.34. The number of fused-ring (bicyclic) bond motifs is 1. The molecule has 0 saturated carbocycles. The van der Waals surface area contributed by atoms with Gasteiger partial charge in [-0.25, -0.2) is 0 Å². The van der Waals surface area contributed by atoms with Gasteiger partial charge in [0.05, 0.1) is 11.4 Å². The van der Waals surface area contributed by atoms with E-state index in [4.69, 9.17) is 0 Å². The summed E-state index contributed by atoms with van der Waals surface area (Å²) in [6.45, 7) is 0. The lowest BCUT2D eigenvalue weighted by atomic mass is 10.1. The van der Waals surface area contributed by atoms with Crippen LogP contribution < -0.4 is 10.6 Å². The van der Waals surface area contributed by atoms with Gasteiger partial charge in [0, 0.05) is 0 Å². The van der Waals surface area contributed by atoms with Crippen LogP contribution in [-0.4, -0.2) is 18.1 Å². The molecular weight excluding hydrogens is 209 g/mol. The molecule has 0 spiro atoms. The monoisotopic (exact) mass is 216 g/mol. The molecule has 1 heterocycles. The summed E-state index contributed by atoms with van der Waals surface area (Å²) in [5, 5.41) is 4.34. The Labute approximate surface area is 83.3 Å². The van der Waals surface area contributed by atoms with Gasteiger partial charge in [0.15, 0.2) is 0 Å². The third-order valence-electron chi connectivity index (χ3n) is 2.07. The predicted molar refractivity (Wildman–Crippen MR) is 48.5 cm³/mol. The number of para-hydroxylation sites is 2. The van der Waals surface area contributed by atoms with Crippen LogP contribution in [0.5, 0.6) is 0 Å². The Morgan fingerprint density at radius 3 is 2.33 bits per heavy atom. The number of benzene rings is 1. The molecular formula is C9H7F3N2O. The van der Waals surface area contributed by atoms with E-state index in [1.54, 1.807) is 12.1 Å². The standard InChI is InChI=1S/C9H7F3N2O/c10-9(11,12)7-8(15)14-6-4-2-1-3-5(6)13-7/h1-4,7,13H,(H,14,15). The van der Waals surface area contributed by atoms with Crippen LogP contribution in [0.3, 0.4) is 0 Å². The van der Waals surface area contributed by atoms with Gasteiger partial charge < -0.3 is 10.6 Å². The molecule has 0 aromatic heterocycles. The number of nitrogens with one attached hydrogen (secondary N) is 2. The minimum atomic E-state index is -4.59. The van der Waals surface area contributed by atoms with Crippen molar-refractivity contribution in [1.82, 2.24) is 0 Å². The Hall–Kier alpha value is -1.72. The van der Waals surface area contributed by atoms with Crippen LogP contribution in [0.1, 0.15) is 0 Å². The average Bonchev–Trinajstić information content (AvgIpc) is 2.15. The SMILES string of the molecule is O=C1Nc2ccccc2NC1C(F)(F)F. The summed E-state index contributed by atoms with van der Waals surface area (Å²) in [6.07, 6.45) is -4.59. The van der Waals surface area contributed by atoms with Crippen LogP contribution in [0.2, 0.25) is 0 Å². The Morgan fingerprint density at radius 2 is 1.73 bits per heavy atom. The van der Waals surface area contributed by atoms with Crippen LogP contribution in [-0.2, 0) is 4.79 Å². The molecule has 15 heavy (non-hydrogen) atoms. The molecule has 2 rings (SSSR count). The summed E-state index contributed by atoms with van der Waals surface area (Å²) in [4.78, 5) is 11.1. The molecule has 1 amide bonds. The highest BCUT2D eigenvalue weighted by atomic mass is 19.4. The number of alkyl halides is 3. The molecule has 0 bridgehead atoms. The fraction of sp³-hybridized carbons (Fsp3) is 0.222. The van der Waals surface area contributed by atoms with E-state index in [0.717, 1.165) is 0 Å². The Kier molecular flexibility index (Phi) is 2.06. The number of hydrogen-bond acceptors (Lipinski definition) is 2. The second kappa shape index (κ2) is 3.15. The van der Waals surface area contributed by atoms with Crippen LogP contribution in [0, 0.1) is 0 Å². The summed E-state index contributed by atoms with van der Waals surface area (Å²) in [6, 6.07) is 4.07. The number of hydrogen-bond donors (Lipinski definition) is 2. The van der Waals surface area contributed by atoms with Crippen molar-refractivity contribution >= 4 is 17.3 Å². The first-order valence-corrected chi connectivity index (χ1v) is 4.21. The zero-order chi connectivity index (χ0) is 11.1. The van der Waals surface area contributed by atoms with Gasteiger partial charge in [0.1, 0.15) is 0 Å². The molecule has 0 aliphatic carbocycles. The molecule has 2 N–H and O–H groups in total. The maximum atomic E-state index is 12.4. The molecule has 1 aromatic rings. The normalized spacial score (nSPS) is 20.2. The first-order valence-electron chi connectivity index (χ1n) is 4.21. The van der Waals surface area contributed by atoms with Crippen LogP contribution in [0.25, 0.3) is 0 Å². The van der Waals surface area contributed by atoms with Crippen LogP contribution in [0.4, 0.5) is 24.5 Å². The highest BCUT2D eigenvalue weighted by Gasteiger charge is 2.47. The second-order valence-electron chi connectivity index (χ2n) is 3.15. The maximum absolute atomic E-state index is 12.4. The van der Waals surface area contributed by atoms with Gasteiger partial charge in [-0.05, 0) is 12.1 Å². The first-order chi connectivity index (χ1) is 6.98. The summed E-state index contributed by atoms with van der Waals surface area (Å²) < 4.78 is 37.1.